The summed E-state index contributed by atoms with van der Waals surface area (Å²) >= 11 is 4.02. The van der Waals surface area contributed by atoms with Gasteiger partial charge in [-0.2, -0.15) is 4.68 Å². The van der Waals surface area contributed by atoms with Gasteiger partial charge in [0.05, 0.1) is 16.6 Å². The number of amides is 1. The van der Waals surface area contributed by atoms with Crippen molar-refractivity contribution in [3.8, 4) is 0 Å². The van der Waals surface area contributed by atoms with Crippen LogP contribution in [0.5, 0.6) is 0 Å². The zero-order valence-corrected chi connectivity index (χ0v) is 16.3. The van der Waals surface area contributed by atoms with Gasteiger partial charge < -0.3 is 0 Å². The van der Waals surface area contributed by atoms with E-state index in [1.54, 1.807) is 55.5 Å². The van der Waals surface area contributed by atoms with Crippen molar-refractivity contribution < 1.29 is 9.59 Å². The number of fused-ring (bicyclic) bond motifs is 1. The molecule has 0 spiro atoms. The Morgan fingerprint density at radius 2 is 1.74 bits per heavy atom. The predicted octanol–water partition coefficient (Wildman–Crippen LogP) is 2.89. The molecule has 1 aromatic heterocycles. The number of carbonyl (C=O) groups excluding carboxylic acids is 2. The van der Waals surface area contributed by atoms with Gasteiger partial charge in [-0.15, -0.1) is 5.10 Å². The van der Waals surface area contributed by atoms with Crippen molar-refractivity contribution >= 4 is 60.5 Å². The molecular formula is C18H11BrN4O3S. The molecule has 0 saturated carbocycles. The highest BCUT2D eigenvalue weighted by Gasteiger charge is 2.38. The third-order valence-corrected chi connectivity index (χ3v) is 5.27. The number of amidine groups is 1. The largest absolute Gasteiger partial charge is 0.312 e. The van der Waals surface area contributed by atoms with Crippen LogP contribution in [0.1, 0.15) is 5.82 Å². The van der Waals surface area contributed by atoms with Crippen LogP contribution >= 0.6 is 27.7 Å². The first-order valence-corrected chi connectivity index (χ1v) is 9.46. The van der Waals surface area contributed by atoms with Gasteiger partial charge in [-0.05, 0) is 55.1 Å². The number of nitrogens with zero attached hydrogens (tertiary/aromatic N) is 4. The molecule has 0 N–H and O–H groups in total. The van der Waals surface area contributed by atoms with Crippen molar-refractivity contribution in [2.45, 2.75) is 6.92 Å². The third-order valence-electron chi connectivity index (χ3n) is 3.94. The fourth-order valence-electron chi connectivity index (χ4n) is 2.67. The van der Waals surface area contributed by atoms with E-state index in [0.717, 1.165) is 9.15 Å². The SMILES string of the molecule is Cc1nc2ccccc2c(=O)n1/N=C1\SC(=O)C(=O)N1c1ccc(Br)cc1. The second-order valence-electron chi connectivity index (χ2n) is 5.68. The predicted molar refractivity (Wildman–Crippen MR) is 108 cm³/mol. The number of benzene rings is 2. The maximum absolute atomic E-state index is 12.8. The molecule has 3 aromatic rings. The summed E-state index contributed by atoms with van der Waals surface area (Å²) in [6.45, 7) is 1.64. The van der Waals surface area contributed by atoms with Crippen molar-refractivity contribution in [3.05, 3.63) is 69.2 Å². The monoisotopic (exact) mass is 442 g/mol. The standard InChI is InChI=1S/C18H11BrN4O3S/c1-10-20-14-5-3-2-4-13(14)15(24)23(10)21-18-22(16(25)17(26)27-18)12-8-6-11(19)7-9-12/h2-9H,1H3/b21-18-. The second-order valence-corrected chi connectivity index (χ2v) is 7.54. The van der Waals surface area contributed by atoms with Crippen LogP contribution in [0, 0.1) is 6.92 Å². The quantitative estimate of drug-likeness (QED) is 0.569. The summed E-state index contributed by atoms with van der Waals surface area (Å²) in [5.74, 6) is -0.352. The zero-order chi connectivity index (χ0) is 19.1. The lowest BCUT2D eigenvalue weighted by Gasteiger charge is -2.15. The van der Waals surface area contributed by atoms with E-state index in [9.17, 15) is 14.4 Å². The lowest BCUT2D eigenvalue weighted by molar-refractivity contribution is -0.130. The molecule has 0 radical (unpaired) electrons. The van der Waals surface area contributed by atoms with Crippen LogP contribution in [-0.4, -0.2) is 25.9 Å². The fraction of sp³-hybridized carbons (Fsp3) is 0.0556. The number of anilines is 1. The van der Waals surface area contributed by atoms with E-state index in [-0.39, 0.29) is 10.7 Å². The van der Waals surface area contributed by atoms with Crippen molar-refractivity contribution in [2.24, 2.45) is 5.10 Å². The molecule has 1 fully saturated rings. The van der Waals surface area contributed by atoms with Gasteiger partial charge >= 0.3 is 5.91 Å². The Morgan fingerprint density at radius 1 is 1.04 bits per heavy atom. The van der Waals surface area contributed by atoms with Crippen molar-refractivity contribution in [3.63, 3.8) is 0 Å². The van der Waals surface area contributed by atoms with Crippen LogP contribution in [0.3, 0.4) is 0 Å². The number of rotatable bonds is 2. The summed E-state index contributed by atoms with van der Waals surface area (Å²) in [5.41, 5.74) is 0.681. The molecule has 9 heteroatoms. The number of aromatic nitrogens is 2. The van der Waals surface area contributed by atoms with Crippen LogP contribution in [0.25, 0.3) is 10.9 Å². The topological polar surface area (TPSA) is 84.6 Å². The summed E-state index contributed by atoms with van der Waals surface area (Å²) < 4.78 is 1.95. The van der Waals surface area contributed by atoms with Crippen LogP contribution in [0.2, 0.25) is 0 Å². The first kappa shape index (κ1) is 17.6. The van der Waals surface area contributed by atoms with Crippen molar-refractivity contribution in [1.29, 1.82) is 0 Å². The van der Waals surface area contributed by atoms with E-state index in [2.05, 4.69) is 26.0 Å². The van der Waals surface area contributed by atoms with Crippen molar-refractivity contribution in [1.82, 2.24) is 9.66 Å². The molecular weight excluding hydrogens is 432 g/mol. The Hall–Kier alpha value is -2.78. The summed E-state index contributed by atoms with van der Waals surface area (Å²) in [7, 11) is 0. The fourth-order valence-corrected chi connectivity index (χ4v) is 3.68. The van der Waals surface area contributed by atoms with Gasteiger partial charge in [0.15, 0.2) is 0 Å². The van der Waals surface area contributed by atoms with Gasteiger partial charge in [-0.3, -0.25) is 14.4 Å². The highest BCUT2D eigenvalue weighted by Crippen LogP contribution is 2.29. The van der Waals surface area contributed by atoms with E-state index in [4.69, 9.17) is 0 Å². The van der Waals surface area contributed by atoms with Crippen LogP contribution in [0.4, 0.5) is 5.69 Å². The minimum atomic E-state index is -0.708. The van der Waals surface area contributed by atoms with Crippen LogP contribution in [0.15, 0.2) is 62.9 Å². The molecule has 0 bridgehead atoms. The molecule has 1 saturated heterocycles. The summed E-state index contributed by atoms with van der Waals surface area (Å²) in [5, 5.41) is 4.14. The molecule has 1 amide bonds. The molecule has 134 valence electrons. The van der Waals surface area contributed by atoms with Crippen molar-refractivity contribution in [2.75, 3.05) is 4.90 Å². The molecule has 0 aliphatic carbocycles. The molecule has 1 aliphatic rings. The first-order chi connectivity index (χ1) is 13.0. The van der Waals surface area contributed by atoms with Gasteiger partial charge in [0.2, 0.25) is 5.17 Å². The number of para-hydroxylation sites is 1. The Bertz CT molecular complexity index is 1190. The average Bonchev–Trinajstić information content (AvgIpc) is 2.93. The van der Waals surface area contributed by atoms with Gasteiger partial charge in [0.1, 0.15) is 5.82 Å². The smallest absolute Gasteiger partial charge is 0.275 e. The molecule has 1 aliphatic heterocycles. The Kier molecular flexibility index (Phi) is 4.40. The molecule has 4 rings (SSSR count). The Morgan fingerprint density at radius 3 is 2.48 bits per heavy atom. The minimum absolute atomic E-state index is 0.106. The van der Waals surface area contributed by atoms with E-state index in [0.29, 0.717) is 34.2 Å². The average molecular weight is 443 g/mol. The van der Waals surface area contributed by atoms with Gasteiger partial charge in [-0.1, -0.05) is 28.1 Å². The number of thioether (sulfide) groups is 1. The van der Waals surface area contributed by atoms with E-state index >= 15 is 0 Å². The number of hydrogen-bond donors (Lipinski definition) is 0. The Balaban J connectivity index is 1.88. The molecule has 27 heavy (non-hydrogen) atoms. The van der Waals surface area contributed by atoms with E-state index < -0.39 is 11.0 Å². The maximum Gasteiger partial charge on any atom is 0.312 e. The third kappa shape index (κ3) is 3.08. The summed E-state index contributed by atoms with van der Waals surface area (Å²) in [6.07, 6.45) is 0. The lowest BCUT2D eigenvalue weighted by Crippen LogP contribution is -2.32. The molecule has 0 unspecified atom stereocenters. The second kappa shape index (κ2) is 6.75. The molecule has 2 aromatic carbocycles. The van der Waals surface area contributed by atoms with Gasteiger partial charge in [0.25, 0.3) is 10.7 Å². The van der Waals surface area contributed by atoms with Crippen LogP contribution in [-0.2, 0) is 9.59 Å². The summed E-state index contributed by atoms with van der Waals surface area (Å²) in [6, 6.07) is 13.8. The van der Waals surface area contributed by atoms with E-state index in [1.807, 2.05) is 0 Å². The molecule has 7 nitrogen and oxygen atoms in total. The number of hydrogen-bond acceptors (Lipinski definition) is 6. The maximum atomic E-state index is 12.8. The molecule has 2 heterocycles. The Labute approximate surface area is 165 Å². The number of aryl methyl sites for hydroxylation is 1. The van der Waals surface area contributed by atoms with E-state index in [1.165, 1.54) is 4.90 Å². The zero-order valence-electron chi connectivity index (χ0n) is 13.9. The highest BCUT2D eigenvalue weighted by molar-refractivity contribution is 9.10. The van der Waals surface area contributed by atoms with Crippen LogP contribution < -0.4 is 10.5 Å². The lowest BCUT2D eigenvalue weighted by atomic mass is 10.2. The number of halogens is 1. The molecule has 0 atom stereocenters. The normalized spacial score (nSPS) is 15.9. The minimum Gasteiger partial charge on any atom is -0.275 e. The van der Waals surface area contributed by atoms with Gasteiger partial charge in [-0.25, -0.2) is 9.88 Å². The first-order valence-electron chi connectivity index (χ1n) is 7.85. The number of carbonyl (C=O) groups is 2. The summed E-state index contributed by atoms with van der Waals surface area (Å²) in [4.78, 5) is 42.7. The highest BCUT2D eigenvalue weighted by atomic mass is 79.9. The van der Waals surface area contributed by atoms with Gasteiger partial charge in [0, 0.05) is 4.47 Å².